The van der Waals surface area contributed by atoms with Crippen molar-refractivity contribution < 1.29 is 13.8 Å². The van der Waals surface area contributed by atoms with Crippen molar-refractivity contribution in [2.75, 3.05) is 31.5 Å². The summed E-state index contributed by atoms with van der Waals surface area (Å²) < 4.78 is 11.7. The van der Waals surface area contributed by atoms with Crippen LogP contribution in [0.3, 0.4) is 0 Å². The van der Waals surface area contributed by atoms with Crippen molar-refractivity contribution in [3.05, 3.63) is 34.4 Å². The van der Waals surface area contributed by atoms with Gasteiger partial charge < -0.3 is 8.92 Å². The highest BCUT2D eigenvalue weighted by Crippen LogP contribution is 2.44. The Bertz CT molecular complexity index is 677. The molecule has 0 unspecified atom stereocenters. The van der Waals surface area contributed by atoms with Crippen molar-refractivity contribution in [1.29, 1.82) is 0 Å². The molecule has 0 atom stereocenters. The van der Waals surface area contributed by atoms with Gasteiger partial charge in [0.15, 0.2) is 5.66 Å². The molecule has 0 N–H and O–H groups in total. The van der Waals surface area contributed by atoms with Gasteiger partial charge >= 0.3 is 0 Å². The molecular weight excluding hydrogens is 354 g/mol. The molecule has 0 amide bonds. The van der Waals surface area contributed by atoms with E-state index >= 15 is 0 Å². The first-order valence-electron chi connectivity index (χ1n) is 8.46. The Morgan fingerprint density at radius 2 is 1.92 bits per heavy atom. The summed E-state index contributed by atoms with van der Waals surface area (Å²) in [5, 5.41) is 18.8. The first-order valence-corrected chi connectivity index (χ1v) is 11.0. The van der Waals surface area contributed by atoms with Crippen LogP contribution in [-0.4, -0.2) is 42.1 Å². The van der Waals surface area contributed by atoms with Gasteiger partial charge in [0, 0.05) is 37.1 Å². The van der Waals surface area contributed by atoms with E-state index in [1.807, 2.05) is 0 Å². The third-order valence-electron chi connectivity index (χ3n) is 4.05. The number of hydrogen-bond donors (Lipinski definition) is 0. The largest absolute Gasteiger partial charge is 0.494 e. The summed E-state index contributed by atoms with van der Waals surface area (Å²) in [6.45, 7) is 1.18. The Hall–Kier alpha value is -2.11. The minimum absolute atomic E-state index is 0.0606. The van der Waals surface area contributed by atoms with E-state index in [9.17, 15) is 10.1 Å². The molecule has 0 radical (unpaired) electrons. The standard InChI is InChI=1S/C18H25N3O4S/c1-4-5-11-18(19-20-18)12-14-25-26(2,3)15-6-13-24-17-9-7-16(8-10-17)21(22)23/h1,7-10H,5-6,11-15H2,2-3H3. The Morgan fingerprint density at radius 1 is 1.23 bits per heavy atom. The highest BCUT2D eigenvalue weighted by molar-refractivity contribution is 8.28. The van der Waals surface area contributed by atoms with Crippen LogP contribution in [0.25, 0.3) is 0 Å². The molecule has 0 fully saturated rings. The van der Waals surface area contributed by atoms with Gasteiger partial charge in [-0.25, -0.2) is 0 Å². The Balaban J connectivity index is 1.62. The molecule has 26 heavy (non-hydrogen) atoms. The van der Waals surface area contributed by atoms with Gasteiger partial charge in [-0.05, 0) is 31.1 Å². The monoisotopic (exact) mass is 379 g/mol. The lowest BCUT2D eigenvalue weighted by molar-refractivity contribution is -0.384. The van der Waals surface area contributed by atoms with Crippen molar-refractivity contribution in [3.8, 4) is 18.1 Å². The quantitative estimate of drug-likeness (QED) is 0.234. The zero-order valence-electron chi connectivity index (χ0n) is 15.2. The van der Waals surface area contributed by atoms with Gasteiger partial charge in [0.1, 0.15) is 5.75 Å². The van der Waals surface area contributed by atoms with E-state index in [2.05, 4.69) is 28.7 Å². The second-order valence-corrected chi connectivity index (χ2v) is 10.1. The fourth-order valence-corrected chi connectivity index (χ4v) is 3.88. The molecule has 0 bridgehead atoms. The van der Waals surface area contributed by atoms with Gasteiger partial charge in [-0.1, -0.05) is 0 Å². The van der Waals surface area contributed by atoms with Crippen LogP contribution in [-0.2, 0) is 4.18 Å². The summed E-state index contributed by atoms with van der Waals surface area (Å²) in [7, 11) is -1.16. The smallest absolute Gasteiger partial charge is 0.269 e. The van der Waals surface area contributed by atoms with Gasteiger partial charge in [0.25, 0.3) is 5.69 Å². The third kappa shape index (κ3) is 6.65. The summed E-state index contributed by atoms with van der Waals surface area (Å²) >= 11 is 0. The summed E-state index contributed by atoms with van der Waals surface area (Å²) in [4.78, 5) is 10.2. The Labute approximate surface area is 155 Å². The summed E-state index contributed by atoms with van der Waals surface area (Å²) in [6, 6.07) is 6.12. The SMILES string of the molecule is C#CCCC1(CCOS(C)(C)CCCOc2ccc([N+](=O)[O-])cc2)N=N1. The average molecular weight is 379 g/mol. The van der Waals surface area contributed by atoms with E-state index in [0.717, 1.165) is 25.0 Å². The fraction of sp³-hybridized carbons (Fsp3) is 0.556. The maximum absolute atomic E-state index is 10.6. The van der Waals surface area contributed by atoms with Gasteiger partial charge in [0.2, 0.25) is 0 Å². The third-order valence-corrected chi connectivity index (χ3v) is 6.13. The zero-order chi connectivity index (χ0) is 19.0. The molecule has 1 aliphatic rings. The normalized spacial score (nSPS) is 15.3. The molecule has 142 valence electrons. The first-order chi connectivity index (χ1) is 12.4. The minimum atomic E-state index is -1.16. The molecule has 7 nitrogen and oxygen atoms in total. The zero-order valence-corrected chi connectivity index (χ0v) is 16.0. The second-order valence-electron chi connectivity index (χ2n) is 6.55. The van der Waals surface area contributed by atoms with Gasteiger partial charge in [-0.15, -0.1) is 22.7 Å². The molecule has 8 heteroatoms. The average Bonchev–Trinajstić information content (AvgIpc) is 3.37. The molecule has 0 spiro atoms. The highest BCUT2D eigenvalue weighted by Gasteiger charge is 2.39. The number of hydrogen-bond acceptors (Lipinski definition) is 6. The van der Waals surface area contributed by atoms with Gasteiger partial charge in [-0.2, -0.15) is 10.2 Å². The van der Waals surface area contributed by atoms with Crippen LogP contribution in [0.2, 0.25) is 0 Å². The van der Waals surface area contributed by atoms with Crippen molar-refractivity contribution in [1.82, 2.24) is 0 Å². The number of benzene rings is 1. The van der Waals surface area contributed by atoms with Crippen molar-refractivity contribution in [2.24, 2.45) is 10.2 Å². The highest BCUT2D eigenvalue weighted by atomic mass is 32.3. The number of terminal acetylenes is 1. The molecule has 1 aromatic carbocycles. The van der Waals surface area contributed by atoms with E-state index in [-0.39, 0.29) is 11.4 Å². The van der Waals surface area contributed by atoms with E-state index in [1.54, 1.807) is 12.1 Å². The van der Waals surface area contributed by atoms with E-state index < -0.39 is 15.2 Å². The number of nitro benzene ring substituents is 1. The molecular formula is C18H25N3O4S. The predicted molar refractivity (Wildman–Crippen MR) is 104 cm³/mol. The molecule has 0 aliphatic carbocycles. The van der Waals surface area contributed by atoms with Crippen LogP contribution >= 0.6 is 10.3 Å². The lowest BCUT2D eigenvalue weighted by atomic mass is 10.1. The van der Waals surface area contributed by atoms with Crippen molar-refractivity contribution in [2.45, 2.75) is 31.3 Å². The summed E-state index contributed by atoms with van der Waals surface area (Å²) in [5.41, 5.74) is -0.230. The Kier molecular flexibility index (Phi) is 7.00. The minimum Gasteiger partial charge on any atom is -0.494 e. The van der Waals surface area contributed by atoms with Crippen LogP contribution in [0.1, 0.15) is 25.7 Å². The molecule has 0 saturated carbocycles. The number of non-ortho nitro benzene ring substituents is 1. The van der Waals surface area contributed by atoms with E-state index in [4.69, 9.17) is 15.3 Å². The summed E-state index contributed by atoms with van der Waals surface area (Å²) in [6.07, 6.45) is 12.7. The van der Waals surface area contributed by atoms with Gasteiger partial charge in [0.05, 0.1) is 18.1 Å². The number of nitrogens with zero attached hydrogens (tertiary/aromatic N) is 3. The van der Waals surface area contributed by atoms with Crippen LogP contribution in [0.4, 0.5) is 5.69 Å². The predicted octanol–water partition coefficient (Wildman–Crippen LogP) is 4.33. The topological polar surface area (TPSA) is 86.3 Å². The van der Waals surface area contributed by atoms with E-state index in [1.165, 1.54) is 12.1 Å². The number of nitro groups is 1. The lowest BCUT2D eigenvalue weighted by Crippen LogP contribution is -2.16. The first kappa shape index (κ1) is 20.2. The molecule has 0 saturated heterocycles. The lowest BCUT2D eigenvalue weighted by Gasteiger charge is -2.31. The molecule has 1 heterocycles. The Morgan fingerprint density at radius 3 is 2.50 bits per heavy atom. The maximum Gasteiger partial charge on any atom is 0.269 e. The number of ether oxygens (including phenoxy) is 1. The van der Waals surface area contributed by atoms with E-state index in [0.29, 0.717) is 25.4 Å². The van der Waals surface area contributed by atoms with Crippen LogP contribution in [0, 0.1) is 22.5 Å². The maximum atomic E-state index is 10.6. The number of rotatable bonds is 12. The van der Waals surface area contributed by atoms with Crippen LogP contribution in [0.15, 0.2) is 34.5 Å². The van der Waals surface area contributed by atoms with Crippen LogP contribution < -0.4 is 4.74 Å². The van der Waals surface area contributed by atoms with Crippen LogP contribution in [0.5, 0.6) is 5.75 Å². The molecule has 1 aliphatic heterocycles. The molecule has 1 aromatic rings. The van der Waals surface area contributed by atoms with Gasteiger partial charge in [-0.3, -0.25) is 10.1 Å². The van der Waals surface area contributed by atoms with Crippen molar-refractivity contribution in [3.63, 3.8) is 0 Å². The second kappa shape index (κ2) is 9.01. The summed E-state index contributed by atoms with van der Waals surface area (Å²) in [5.74, 6) is 4.18. The van der Waals surface area contributed by atoms with Crippen molar-refractivity contribution >= 4 is 16.0 Å². The molecule has 0 aromatic heterocycles. The fourth-order valence-electron chi connectivity index (χ4n) is 2.42. The molecule has 2 rings (SSSR count).